The van der Waals surface area contributed by atoms with Gasteiger partial charge in [-0.25, -0.2) is 4.79 Å². The van der Waals surface area contributed by atoms with E-state index >= 15 is 0 Å². The maximum absolute atomic E-state index is 10.8. The van der Waals surface area contributed by atoms with Crippen LogP contribution in [0.1, 0.15) is 0 Å². The van der Waals surface area contributed by atoms with Gasteiger partial charge in [0, 0.05) is 7.11 Å². The average Bonchev–Trinajstić information content (AvgIpc) is 2.16. The maximum atomic E-state index is 10.8. The van der Waals surface area contributed by atoms with Crippen molar-refractivity contribution in [1.82, 2.24) is 0 Å². The van der Waals surface area contributed by atoms with Crippen LogP contribution < -0.4 is 0 Å². The lowest BCUT2D eigenvalue weighted by atomic mass is 10.2. The Kier molecular flexibility index (Phi) is 8.01. The summed E-state index contributed by atoms with van der Waals surface area (Å²) in [6.45, 7) is -0.0825. The van der Waals surface area contributed by atoms with Crippen molar-refractivity contribution in [3.63, 3.8) is 0 Å². The largest absolute Gasteiger partial charge is 0.477 e. The first-order valence-corrected chi connectivity index (χ1v) is 5.45. The summed E-state index contributed by atoms with van der Waals surface area (Å²) in [5.74, 6) is -1.03. The number of hydrogen-bond acceptors (Lipinski definition) is 5. The van der Waals surface area contributed by atoms with Crippen LogP contribution >= 0.6 is 0 Å². The molecule has 0 aliphatic carbocycles. The van der Waals surface area contributed by atoms with E-state index in [0.717, 1.165) is 0 Å². The Balaban J connectivity index is 4.68. The normalized spacial score (nSPS) is 13.6. The van der Waals surface area contributed by atoms with Crippen molar-refractivity contribution in [2.45, 2.75) is 6.10 Å². The number of quaternary nitrogens is 1. The number of rotatable bonds is 10. The van der Waals surface area contributed by atoms with Crippen molar-refractivity contribution in [2.75, 3.05) is 53.1 Å². The Morgan fingerprint density at radius 1 is 1.29 bits per heavy atom. The highest BCUT2D eigenvalue weighted by Crippen LogP contribution is 2.08. The van der Waals surface area contributed by atoms with E-state index in [1.54, 1.807) is 0 Å². The molecule has 4 N–H and O–H groups in total. The Labute approximate surface area is 100 Å². The number of methoxy groups -OCH3 is 1. The van der Waals surface area contributed by atoms with E-state index in [1.807, 2.05) is 0 Å². The van der Waals surface area contributed by atoms with E-state index in [2.05, 4.69) is 0 Å². The molecular weight excluding hydrogens is 230 g/mol. The van der Waals surface area contributed by atoms with Crippen LogP contribution in [0.4, 0.5) is 0 Å². The fraction of sp³-hybridized carbons (Fsp3) is 0.900. The Hall–Kier alpha value is -0.730. The molecule has 0 aromatic heterocycles. The van der Waals surface area contributed by atoms with Crippen LogP contribution in [0.15, 0.2) is 0 Å². The molecule has 0 aromatic carbocycles. The lowest BCUT2D eigenvalue weighted by Crippen LogP contribution is -2.58. The highest BCUT2D eigenvalue weighted by atomic mass is 16.5. The van der Waals surface area contributed by atoms with Crippen molar-refractivity contribution in [1.29, 1.82) is 0 Å². The lowest BCUT2D eigenvalue weighted by Gasteiger charge is -2.37. The second kappa shape index (κ2) is 8.37. The Morgan fingerprint density at radius 2 is 1.82 bits per heavy atom. The molecular formula is C10H22NO6+. The second-order valence-corrected chi connectivity index (χ2v) is 4.08. The van der Waals surface area contributed by atoms with Gasteiger partial charge in [0.15, 0.2) is 6.54 Å². The molecule has 102 valence electrons. The van der Waals surface area contributed by atoms with Crippen molar-refractivity contribution >= 4 is 5.97 Å². The molecule has 1 atom stereocenters. The van der Waals surface area contributed by atoms with Gasteiger partial charge < -0.3 is 29.6 Å². The molecule has 17 heavy (non-hydrogen) atoms. The molecule has 0 amide bonds. The fourth-order valence-electron chi connectivity index (χ4n) is 1.92. The number of ether oxygens (including phenoxy) is 1. The fourth-order valence-corrected chi connectivity index (χ4v) is 1.92. The molecule has 0 spiro atoms. The van der Waals surface area contributed by atoms with Crippen molar-refractivity contribution < 1.29 is 34.4 Å². The van der Waals surface area contributed by atoms with Gasteiger partial charge in [0.25, 0.3) is 0 Å². The highest BCUT2D eigenvalue weighted by Gasteiger charge is 2.32. The monoisotopic (exact) mass is 252 g/mol. The van der Waals surface area contributed by atoms with Gasteiger partial charge >= 0.3 is 5.97 Å². The summed E-state index contributed by atoms with van der Waals surface area (Å²) in [5, 5.41) is 36.5. The van der Waals surface area contributed by atoms with Crippen LogP contribution in [0, 0.1) is 0 Å². The molecule has 7 nitrogen and oxygen atoms in total. The molecule has 7 heteroatoms. The van der Waals surface area contributed by atoms with Crippen LogP contribution in [0.5, 0.6) is 0 Å². The molecule has 0 fully saturated rings. The SMILES string of the molecule is COCC(O)C[N+](CCO)(CCO)CC(=O)O. The maximum Gasteiger partial charge on any atom is 0.359 e. The Morgan fingerprint density at radius 3 is 2.18 bits per heavy atom. The van der Waals surface area contributed by atoms with Gasteiger partial charge in [0.2, 0.25) is 0 Å². The summed E-state index contributed by atoms with van der Waals surface area (Å²) < 4.78 is 4.72. The molecule has 0 aromatic rings. The number of nitrogens with zero attached hydrogens (tertiary/aromatic N) is 1. The minimum absolute atomic E-state index is 0.0626. The number of carboxylic acid groups (broad SMARTS) is 1. The number of aliphatic hydroxyl groups excluding tert-OH is 3. The van der Waals surface area contributed by atoms with Gasteiger partial charge in [-0.2, -0.15) is 0 Å². The predicted octanol–water partition coefficient (Wildman–Crippen LogP) is -2.12. The third-order valence-electron chi connectivity index (χ3n) is 2.58. The van der Waals surface area contributed by atoms with Crippen LogP contribution in [0.3, 0.4) is 0 Å². The van der Waals surface area contributed by atoms with E-state index in [9.17, 15) is 9.90 Å². The van der Waals surface area contributed by atoms with Crippen molar-refractivity contribution in [3.8, 4) is 0 Å². The number of aliphatic hydroxyl groups is 3. The summed E-state index contributed by atoms with van der Waals surface area (Å²) in [6.07, 6.45) is -0.822. The summed E-state index contributed by atoms with van der Waals surface area (Å²) in [5.41, 5.74) is 0. The van der Waals surface area contributed by atoms with E-state index in [1.165, 1.54) is 7.11 Å². The molecule has 0 aliphatic heterocycles. The number of carboxylic acids is 1. The van der Waals surface area contributed by atoms with Crippen LogP contribution in [0.2, 0.25) is 0 Å². The number of carbonyl (C=O) groups is 1. The zero-order valence-electron chi connectivity index (χ0n) is 10.1. The summed E-state index contributed by atoms with van der Waals surface area (Å²) >= 11 is 0. The van der Waals surface area contributed by atoms with Crippen LogP contribution in [0.25, 0.3) is 0 Å². The summed E-state index contributed by atoms with van der Waals surface area (Å²) in [6, 6.07) is 0. The van der Waals surface area contributed by atoms with E-state index < -0.39 is 12.1 Å². The van der Waals surface area contributed by atoms with Gasteiger partial charge in [0.05, 0.1) is 19.8 Å². The van der Waals surface area contributed by atoms with Gasteiger partial charge in [0.1, 0.15) is 25.7 Å². The van der Waals surface area contributed by atoms with Gasteiger partial charge in [-0.15, -0.1) is 0 Å². The highest BCUT2D eigenvalue weighted by molar-refractivity contribution is 5.67. The molecule has 0 aliphatic rings. The quantitative estimate of drug-likeness (QED) is 0.331. The second-order valence-electron chi connectivity index (χ2n) is 4.08. The van der Waals surface area contributed by atoms with Gasteiger partial charge in [-0.1, -0.05) is 0 Å². The average molecular weight is 252 g/mol. The zero-order valence-corrected chi connectivity index (χ0v) is 10.1. The summed E-state index contributed by atoms with van der Waals surface area (Å²) in [7, 11) is 1.44. The first kappa shape index (κ1) is 16.3. The Bertz CT molecular complexity index is 217. The van der Waals surface area contributed by atoms with E-state index in [4.69, 9.17) is 20.1 Å². The summed E-state index contributed by atoms with van der Waals surface area (Å²) in [4.78, 5) is 10.8. The number of hydrogen-bond donors (Lipinski definition) is 4. The lowest BCUT2D eigenvalue weighted by molar-refractivity contribution is -0.924. The molecule has 0 heterocycles. The van der Waals surface area contributed by atoms with Crippen LogP contribution in [-0.2, 0) is 9.53 Å². The number of aliphatic carboxylic acids is 1. The standard InChI is InChI=1S/C10H21NO6/c1-17-8-9(14)6-11(2-4-12,3-5-13)7-10(15)16/h9,12-14H,2-8H2,1H3/p+1. The van der Waals surface area contributed by atoms with Crippen molar-refractivity contribution in [3.05, 3.63) is 0 Å². The molecule has 0 saturated heterocycles. The third kappa shape index (κ3) is 6.54. The third-order valence-corrected chi connectivity index (χ3v) is 2.58. The first-order valence-electron chi connectivity index (χ1n) is 5.45. The van der Waals surface area contributed by atoms with E-state index in [-0.39, 0.29) is 50.5 Å². The molecule has 0 saturated carbocycles. The smallest absolute Gasteiger partial charge is 0.359 e. The van der Waals surface area contributed by atoms with Gasteiger partial charge in [-0.3, -0.25) is 0 Å². The zero-order chi connectivity index (χ0) is 13.3. The van der Waals surface area contributed by atoms with Crippen molar-refractivity contribution in [2.24, 2.45) is 0 Å². The van der Waals surface area contributed by atoms with Crippen LogP contribution in [-0.4, -0.2) is 90.1 Å². The minimum Gasteiger partial charge on any atom is -0.477 e. The molecule has 0 rings (SSSR count). The predicted molar refractivity (Wildman–Crippen MR) is 59.4 cm³/mol. The van der Waals surface area contributed by atoms with E-state index in [0.29, 0.717) is 0 Å². The molecule has 0 bridgehead atoms. The molecule has 1 unspecified atom stereocenters. The van der Waals surface area contributed by atoms with Gasteiger partial charge in [-0.05, 0) is 0 Å². The first-order chi connectivity index (χ1) is 7.99. The minimum atomic E-state index is -1.03. The molecule has 0 radical (unpaired) electrons. The topological polar surface area (TPSA) is 107 Å².